The molecule has 1 saturated carbocycles. The van der Waals surface area contributed by atoms with Crippen LogP contribution in [-0.4, -0.2) is 15.5 Å². The Balaban J connectivity index is 0.000000155. The molecule has 1 aliphatic carbocycles. The number of para-hydroxylation sites is 2. The first-order valence-electron chi connectivity index (χ1n) is 11.3. The van der Waals surface area contributed by atoms with Gasteiger partial charge in [0.1, 0.15) is 12.2 Å². The summed E-state index contributed by atoms with van der Waals surface area (Å²) in [5.41, 5.74) is 11.1. The number of pyridine rings is 1. The Kier molecular flexibility index (Phi) is 8.51. The lowest BCUT2D eigenvalue weighted by molar-refractivity contribution is -0.140. The molecule has 1 fully saturated rings. The van der Waals surface area contributed by atoms with Gasteiger partial charge in [0.2, 0.25) is 5.91 Å². The van der Waals surface area contributed by atoms with Crippen molar-refractivity contribution in [1.82, 2.24) is 9.55 Å². The first-order chi connectivity index (χ1) is 16.3. The normalized spacial score (nSPS) is 13.5. The largest absolute Gasteiger partial charge is 0.433 e. The van der Waals surface area contributed by atoms with E-state index in [2.05, 4.69) is 4.98 Å². The summed E-state index contributed by atoms with van der Waals surface area (Å²) in [5, 5.41) is 1.66. The van der Waals surface area contributed by atoms with Gasteiger partial charge in [-0.25, -0.2) is 4.98 Å². The highest BCUT2D eigenvalue weighted by molar-refractivity contribution is 5.90. The molecular formula is C26H29F3N4O. The zero-order valence-corrected chi connectivity index (χ0v) is 18.9. The van der Waals surface area contributed by atoms with Crippen molar-refractivity contribution in [3.8, 4) is 0 Å². The standard InChI is InChI=1S/C10H7F3N2.C10H10N2O.C6H12/c11-10(12,13)9-5-7(14)6-3-1-2-4-8(6)15-9;11-10(13)7-12-6-5-8-3-1-2-4-9(8)12;1-2-4-6-5-3-1/h1-5H,(H2,14,15);1-6H,7H2,(H2,11,13);1-6H2. The number of nitrogens with two attached hydrogens (primary N) is 2. The number of carbonyl (C=O) groups excluding carboxylic acids is 1. The van der Waals surface area contributed by atoms with Crippen LogP contribution >= 0.6 is 0 Å². The first kappa shape index (κ1) is 25.1. The molecule has 8 heteroatoms. The number of carbonyl (C=O) groups is 1. The lowest BCUT2D eigenvalue weighted by Crippen LogP contribution is -2.17. The van der Waals surface area contributed by atoms with Crippen molar-refractivity contribution in [2.45, 2.75) is 51.2 Å². The molecule has 4 aromatic rings. The van der Waals surface area contributed by atoms with E-state index in [0.717, 1.165) is 17.0 Å². The van der Waals surface area contributed by atoms with Gasteiger partial charge in [0, 0.05) is 22.8 Å². The van der Waals surface area contributed by atoms with Crippen molar-refractivity contribution < 1.29 is 18.0 Å². The molecule has 0 bridgehead atoms. The number of rotatable bonds is 2. The van der Waals surface area contributed by atoms with Crippen LogP contribution in [0, 0.1) is 0 Å². The average Bonchev–Trinajstić information content (AvgIpc) is 3.23. The number of hydrogen-bond acceptors (Lipinski definition) is 3. The van der Waals surface area contributed by atoms with Crippen LogP contribution in [0.15, 0.2) is 66.9 Å². The number of primary amides is 1. The lowest BCUT2D eigenvalue weighted by atomic mass is 10.0. The van der Waals surface area contributed by atoms with E-state index in [1.165, 1.54) is 44.6 Å². The summed E-state index contributed by atoms with van der Waals surface area (Å²) in [6.45, 7) is 0.244. The SMILES string of the molecule is C1CCCCC1.NC(=O)Cn1ccc2ccccc21.Nc1cc(C(F)(F)F)nc2ccccc12. The molecule has 0 unspecified atom stereocenters. The third-order valence-corrected chi connectivity index (χ3v) is 5.55. The predicted octanol–water partition coefficient (Wildman–Crippen LogP) is 6.30. The van der Waals surface area contributed by atoms with Gasteiger partial charge in [-0.3, -0.25) is 4.79 Å². The lowest BCUT2D eigenvalue weighted by Gasteiger charge is -2.08. The predicted molar refractivity (Wildman–Crippen MR) is 130 cm³/mol. The first-order valence-corrected chi connectivity index (χ1v) is 11.3. The summed E-state index contributed by atoms with van der Waals surface area (Å²) in [4.78, 5) is 14.2. The monoisotopic (exact) mass is 470 g/mol. The van der Waals surface area contributed by atoms with E-state index < -0.39 is 11.9 Å². The van der Waals surface area contributed by atoms with E-state index in [-0.39, 0.29) is 23.7 Å². The number of aromatic nitrogens is 2. The van der Waals surface area contributed by atoms with Crippen LogP contribution in [0.3, 0.4) is 0 Å². The van der Waals surface area contributed by atoms with Gasteiger partial charge in [0.25, 0.3) is 0 Å². The Hall–Kier alpha value is -3.55. The third-order valence-electron chi connectivity index (χ3n) is 5.55. The molecule has 34 heavy (non-hydrogen) atoms. The Labute approximate surface area is 196 Å². The minimum Gasteiger partial charge on any atom is -0.398 e. The molecule has 4 N–H and O–H groups in total. The Morgan fingerprint density at radius 1 is 0.912 bits per heavy atom. The highest BCUT2D eigenvalue weighted by Gasteiger charge is 2.33. The number of hydrogen-bond donors (Lipinski definition) is 2. The second-order valence-electron chi connectivity index (χ2n) is 8.20. The van der Waals surface area contributed by atoms with Gasteiger partial charge in [-0.05, 0) is 29.7 Å². The molecule has 2 heterocycles. The van der Waals surface area contributed by atoms with E-state index in [9.17, 15) is 18.0 Å². The van der Waals surface area contributed by atoms with E-state index in [1.54, 1.807) is 18.2 Å². The second kappa shape index (κ2) is 11.5. The van der Waals surface area contributed by atoms with Gasteiger partial charge in [0.15, 0.2) is 0 Å². The van der Waals surface area contributed by atoms with Crippen LogP contribution in [0.25, 0.3) is 21.8 Å². The molecular weight excluding hydrogens is 441 g/mol. The van der Waals surface area contributed by atoms with Gasteiger partial charge >= 0.3 is 6.18 Å². The van der Waals surface area contributed by atoms with E-state index in [4.69, 9.17) is 11.5 Å². The third kappa shape index (κ3) is 6.97. The smallest absolute Gasteiger partial charge is 0.398 e. The van der Waals surface area contributed by atoms with Crippen molar-refractivity contribution in [3.05, 3.63) is 72.6 Å². The summed E-state index contributed by atoms with van der Waals surface area (Å²) in [5.74, 6) is -0.318. The molecule has 1 amide bonds. The zero-order chi connectivity index (χ0) is 24.6. The number of amides is 1. The maximum Gasteiger partial charge on any atom is 0.433 e. The van der Waals surface area contributed by atoms with Gasteiger partial charge in [-0.1, -0.05) is 74.9 Å². The van der Waals surface area contributed by atoms with Crippen LogP contribution in [-0.2, 0) is 17.5 Å². The van der Waals surface area contributed by atoms with Gasteiger partial charge in [-0.2, -0.15) is 13.2 Å². The van der Waals surface area contributed by atoms with Crippen molar-refractivity contribution in [1.29, 1.82) is 0 Å². The summed E-state index contributed by atoms with van der Waals surface area (Å²) < 4.78 is 39.0. The quantitative estimate of drug-likeness (QED) is 0.360. The van der Waals surface area contributed by atoms with Crippen LogP contribution in [0.5, 0.6) is 0 Å². The number of fused-ring (bicyclic) bond motifs is 2. The molecule has 5 rings (SSSR count). The van der Waals surface area contributed by atoms with Crippen molar-refractivity contribution >= 4 is 33.4 Å². The zero-order valence-electron chi connectivity index (χ0n) is 18.9. The van der Waals surface area contributed by atoms with Crippen molar-refractivity contribution in [3.63, 3.8) is 0 Å². The highest BCUT2D eigenvalue weighted by atomic mass is 19.4. The summed E-state index contributed by atoms with van der Waals surface area (Å²) in [6, 6.07) is 17.2. The number of alkyl halides is 3. The fraction of sp³-hybridized carbons (Fsp3) is 0.308. The van der Waals surface area contributed by atoms with Crippen LogP contribution < -0.4 is 11.5 Å². The molecule has 0 aliphatic heterocycles. The van der Waals surface area contributed by atoms with Crippen LogP contribution in [0.4, 0.5) is 18.9 Å². The molecule has 2 aromatic carbocycles. The molecule has 180 valence electrons. The maximum atomic E-state index is 12.4. The van der Waals surface area contributed by atoms with E-state index >= 15 is 0 Å². The topological polar surface area (TPSA) is 86.9 Å². The average molecular weight is 471 g/mol. The fourth-order valence-corrected chi connectivity index (χ4v) is 3.85. The molecule has 2 aromatic heterocycles. The number of benzene rings is 2. The van der Waals surface area contributed by atoms with Gasteiger partial charge in [0.05, 0.1) is 5.52 Å². The van der Waals surface area contributed by atoms with Crippen LogP contribution in [0.2, 0.25) is 0 Å². The molecule has 0 spiro atoms. The molecule has 5 nitrogen and oxygen atoms in total. The second-order valence-corrected chi connectivity index (χ2v) is 8.20. The minimum absolute atomic E-state index is 0.0907. The number of nitrogens with zero attached hydrogens (tertiary/aromatic N) is 2. The van der Waals surface area contributed by atoms with Gasteiger partial charge < -0.3 is 16.0 Å². The maximum absolute atomic E-state index is 12.4. The Morgan fingerprint density at radius 2 is 1.50 bits per heavy atom. The van der Waals surface area contributed by atoms with Crippen molar-refractivity contribution in [2.75, 3.05) is 5.73 Å². The number of anilines is 1. The number of nitrogen functional groups attached to an aromatic ring is 1. The van der Waals surface area contributed by atoms with Crippen LogP contribution in [0.1, 0.15) is 44.2 Å². The molecule has 1 aliphatic rings. The Morgan fingerprint density at radius 3 is 2.12 bits per heavy atom. The fourth-order valence-electron chi connectivity index (χ4n) is 3.85. The van der Waals surface area contributed by atoms with E-state index in [0.29, 0.717) is 5.39 Å². The summed E-state index contributed by atoms with van der Waals surface area (Å²) in [7, 11) is 0. The summed E-state index contributed by atoms with van der Waals surface area (Å²) in [6.07, 6.45) is 6.41. The van der Waals surface area contributed by atoms with Gasteiger partial charge in [-0.15, -0.1) is 0 Å². The number of halogens is 3. The molecule has 0 radical (unpaired) electrons. The summed E-state index contributed by atoms with van der Waals surface area (Å²) >= 11 is 0. The highest BCUT2D eigenvalue weighted by Crippen LogP contribution is 2.31. The Bertz CT molecular complexity index is 1220. The van der Waals surface area contributed by atoms with E-state index in [1.807, 2.05) is 41.1 Å². The van der Waals surface area contributed by atoms with Crippen molar-refractivity contribution in [2.24, 2.45) is 5.73 Å². The molecule has 0 atom stereocenters. The minimum atomic E-state index is -4.46. The molecule has 0 saturated heterocycles.